The molecule has 0 spiro atoms. The molecule has 3 aromatic carbocycles. The summed E-state index contributed by atoms with van der Waals surface area (Å²) in [7, 11) is 0. The van der Waals surface area contributed by atoms with Gasteiger partial charge in [-0.1, -0.05) is 24.3 Å². The molecule has 27 heteroatoms. The summed E-state index contributed by atoms with van der Waals surface area (Å²) in [5, 5.41) is 15.5. The predicted octanol–water partition coefficient (Wildman–Crippen LogP) is 15.1. The van der Waals surface area contributed by atoms with Gasteiger partial charge in [0.15, 0.2) is 17.5 Å². The zero-order valence-electron chi connectivity index (χ0n) is 55.1. The summed E-state index contributed by atoms with van der Waals surface area (Å²) >= 11 is 0. The van der Waals surface area contributed by atoms with Crippen LogP contribution < -0.4 is 16.0 Å². The molecule has 4 aliphatic rings. The monoisotopic (exact) mass is 1350 g/mol. The molecule has 4 fully saturated rings. The van der Waals surface area contributed by atoms with E-state index in [0.717, 1.165) is 89.0 Å². The number of hydrogen-bond acceptors (Lipinski definition) is 13. The fraction of sp³-hybridized carbons (Fsp3) is 0.274. The van der Waals surface area contributed by atoms with Crippen LogP contribution in [-0.4, -0.2) is 101 Å². The van der Waals surface area contributed by atoms with E-state index in [1.807, 2.05) is 88.1 Å². The highest BCUT2D eigenvalue weighted by atomic mass is 19.4. The molecule has 4 aliphatic carbocycles. The molecule has 12 aromatic rings. The highest BCUT2D eigenvalue weighted by Crippen LogP contribution is 2.42. The zero-order chi connectivity index (χ0) is 69.5. The third kappa shape index (κ3) is 14.6. The van der Waals surface area contributed by atoms with Gasteiger partial charge in [0.1, 0.15) is 58.5 Å². The average molecular weight is 1350 g/mol. The highest BCUT2D eigenvalue weighted by molar-refractivity contribution is 6.06. The Kier molecular flexibility index (Phi) is 17.9. The number of aromatic nitrogens is 16. The first kappa shape index (κ1) is 65.6. The Morgan fingerprint density at radius 3 is 1.46 bits per heavy atom. The Hall–Kier alpha value is -11.6. The van der Waals surface area contributed by atoms with Crippen molar-refractivity contribution in [3.8, 4) is 51.6 Å². The van der Waals surface area contributed by atoms with Crippen LogP contribution in [0.1, 0.15) is 167 Å². The van der Waals surface area contributed by atoms with Gasteiger partial charge in [0.25, 0.3) is 17.7 Å². The number of halogens is 5. The molecular weight excluding hydrogens is 1290 g/mol. The van der Waals surface area contributed by atoms with Crippen molar-refractivity contribution in [3.63, 3.8) is 0 Å². The number of amides is 3. The number of carbonyl (C=O) groups excluding carboxylic acids is 3. The number of benzene rings is 3. The van der Waals surface area contributed by atoms with Gasteiger partial charge in [0.05, 0.1) is 58.6 Å². The summed E-state index contributed by atoms with van der Waals surface area (Å²) in [6.45, 7) is 8.65. The fourth-order valence-electron chi connectivity index (χ4n) is 11.6. The van der Waals surface area contributed by atoms with E-state index in [1.165, 1.54) is 62.1 Å². The summed E-state index contributed by atoms with van der Waals surface area (Å²) in [5.74, 6) is 1.03. The molecule has 508 valence electrons. The highest BCUT2D eigenvalue weighted by Gasteiger charge is 2.39. The molecular formula is C73H68F5N19O3. The van der Waals surface area contributed by atoms with E-state index in [0.29, 0.717) is 63.8 Å². The summed E-state index contributed by atoms with van der Waals surface area (Å²) in [4.78, 5) is 74.4. The molecule has 0 unspecified atom stereocenters. The number of hydrogen-bond donors (Lipinski definition) is 3. The number of alkyl halides is 3. The van der Waals surface area contributed by atoms with Gasteiger partial charge in [-0.25, -0.2) is 48.7 Å². The number of pyridine rings is 3. The number of imidazole rings is 5. The minimum atomic E-state index is -4.52. The minimum Gasteiger partial charge on any atom is -0.327 e. The number of carbonyl (C=O) groups is 3. The number of nitrogens with one attached hydrogen (secondary N) is 3. The third-order valence-corrected chi connectivity index (χ3v) is 17.8. The van der Waals surface area contributed by atoms with Crippen molar-refractivity contribution in [2.75, 3.05) is 16.0 Å². The summed E-state index contributed by atoms with van der Waals surface area (Å²) in [5.41, 5.74) is 8.49. The quantitative estimate of drug-likeness (QED) is 0.0678. The van der Waals surface area contributed by atoms with Crippen LogP contribution in [0.4, 0.5) is 39.4 Å². The Labute approximate surface area is 570 Å². The lowest BCUT2D eigenvalue weighted by atomic mass is 10.1. The summed E-state index contributed by atoms with van der Waals surface area (Å²) in [6.07, 6.45) is 24.2. The molecule has 0 saturated heterocycles. The van der Waals surface area contributed by atoms with E-state index in [-0.39, 0.29) is 40.4 Å². The van der Waals surface area contributed by atoms with Gasteiger partial charge >= 0.3 is 6.18 Å². The van der Waals surface area contributed by atoms with Crippen LogP contribution in [0.5, 0.6) is 0 Å². The van der Waals surface area contributed by atoms with E-state index >= 15 is 0 Å². The van der Waals surface area contributed by atoms with Crippen LogP contribution in [0.25, 0.3) is 51.6 Å². The van der Waals surface area contributed by atoms with Gasteiger partial charge in [0, 0.05) is 84.5 Å². The number of aryl methyl sites for hydroxylation is 2. The standard InChI is InChI=1S/C25H25FN6O.C24H21F4N7O.C24H22N6O/c1-15(2)32-10-9-27-24(32)20-5-4-6-23(29-20)30-25(33)18-12-22(16(3)11-19(18)26)31-13-21(28-14-31)17-7-8-17;1-13-8-17(25)16(9-20(13)34-10-19(29-11-34)15-6-7-15)23(36)32-21-5-3-4-18(31-21)22-33-30-12-35(22)14(2)24(26,27)28;31-24(17-3-1-4-19(13-17)29-14-21(26-15-29)16-7-8-16)28-22-6-2-5-20(27-22)23-25-11-12-30(23)18-9-10-18/h4-6,9-15,17H,7-8H2,1-3H3,(H,29,30,33);3-5,8-12,14-15H,6-7H2,1-2H3,(H,31,32,36);1-6,11-16,18H,7-10H2,(H,27,28,31)/t;14-;/m.0./s1. The van der Waals surface area contributed by atoms with Crippen molar-refractivity contribution in [2.45, 2.75) is 128 Å². The number of anilines is 3. The lowest BCUT2D eigenvalue weighted by molar-refractivity contribution is -0.162. The van der Waals surface area contributed by atoms with Gasteiger partial charge < -0.3 is 43.4 Å². The van der Waals surface area contributed by atoms with Gasteiger partial charge in [-0.3, -0.25) is 14.4 Å². The van der Waals surface area contributed by atoms with Crippen LogP contribution in [0.15, 0.2) is 172 Å². The molecule has 0 aliphatic heterocycles. The molecule has 0 radical (unpaired) electrons. The summed E-state index contributed by atoms with van der Waals surface area (Å²) < 4.78 is 79.8. The smallest absolute Gasteiger partial charge is 0.327 e. The largest absolute Gasteiger partial charge is 0.408 e. The minimum absolute atomic E-state index is 0.0203. The lowest BCUT2D eigenvalue weighted by Crippen LogP contribution is -2.24. The van der Waals surface area contributed by atoms with Crippen molar-refractivity contribution in [3.05, 3.63) is 228 Å². The Bertz CT molecular complexity index is 5020. The molecule has 3 amide bonds. The molecule has 3 N–H and O–H groups in total. The SMILES string of the molecule is Cc1cc(F)c(C(=O)Nc2cccc(-c3nccn3C(C)C)n2)cc1-n1cnc(C2CC2)c1.Cc1cc(F)c(C(=O)Nc2cccc(-c3nncn3[C@@H](C)C(F)(F)F)n2)cc1-n1cnc(C2CC2)c1.O=C(Nc1cccc(-c2nccn2C2CC2)n1)c1cccc(-n2cnc(C3CC3)c2)c1. The average Bonchev–Trinajstić information content (AvgIpc) is 1.53. The zero-order valence-corrected chi connectivity index (χ0v) is 55.1. The van der Waals surface area contributed by atoms with E-state index < -0.39 is 35.7 Å². The normalized spacial score (nSPS) is 14.6. The third-order valence-electron chi connectivity index (χ3n) is 17.8. The topological polar surface area (TPSA) is 246 Å². The first-order valence-electron chi connectivity index (χ1n) is 33.0. The van der Waals surface area contributed by atoms with E-state index in [2.05, 4.69) is 90.6 Å². The van der Waals surface area contributed by atoms with E-state index in [1.54, 1.807) is 66.9 Å². The van der Waals surface area contributed by atoms with Gasteiger partial charge in [0.2, 0.25) is 0 Å². The summed E-state index contributed by atoms with van der Waals surface area (Å²) in [6, 6.07) is 27.3. The van der Waals surface area contributed by atoms with Gasteiger partial charge in [-0.2, -0.15) is 13.2 Å². The maximum absolute atomic E-state index is 14.8. The molecule has 9 aromatic heterocycles. The molecule has 1 atom stereocenters. The van der Waals surface area contributed by atoms with Crippen molar-refractivity contribution in [1.29, 1.82) is 0 Å². The van der Waals surface area contributed by atoms with Crippen molar-refractivity contribution < 1.29 is 36.3 Å². The molecule has 16 rings (SSSR count). The van der Waals surface area contributed by atoms with Crippen LogP contribution in [0.3, 0.4) is 0 Å². The number of rotatable bonds is 18. The Morgan fingerprint density at radius 2 is 0.960 bits per heavy atom. The van der Waals surface area contributed by atoms with Gasteiger partial charge in [-0.15, -0.1) is 10.2 Å². The lowest BCUT2D eigenvalue weighted by Gasteiger charge is -2.18. The fourth-order valence-corrected chi connectivity index (χ4v) is 11.6. The molecule has 4 saturated carbocycles. The second-order valence-corrected chi connectivity index (χ2v) is 25.7. The molecule has 100 heavy (non-hydrogen) atoms. The maximum atomic E-state index is 14.8. The van der Waals surface area contributed by atoms with Crippen LogP contribution in [0.2, 0.25) is 0 Å². The van der Waals surface area contributed by atoms with Crippen molar-refractivity contribution >= 4 is 35.2 Å². The Morgan fingerprint density at radius 1 is 0.500 bits per heavy atom. The molecule has 0 bridgehead atoms. The van der Waals surface area contributed by atoms with Crippen LogP contribution in [0, 0.1) is 25.5 Å². The van der Waals surface area contributed by atoms with Crippen LogP contribution in [-0.2, 0) is 0 Å². The molecule has 9 heterocycles. The van der Waals surface area contributed by atoms with E-state index in [9.17, 15) is 36.3 Å². The van der Waals surface area contributed by atoms with E-state index in [4.69, 9.17) is 0 Å². The van der Waals surface area contributed by atoms with Crippen LogP contribution >= 0.6 is 0 Å². The molecule has 22 nitrogen and oxygen atoms in total. The first-order chi connectivity index (χ1) is 48.3. The second kappa shape index (κ2) is 27.3. The van der Waals surface area contributed by atoms with Crippen molar-refractivity contribution in [1.82, 2.24) is 77.5 Å². The second-order valence-electron chi connectivity index (χ2n) is 25.7. The Balaban J connectivity index is 0.000000128. The van der Waals surface area contributed by atoms with Crippen molar-refractivity contribution in [2.24, 2.45) is 0 Å². The number of nitrogens with zero attached hydrogens (tertiary/aromatic N) is 16. The van der Waals surface area contributed by atoms with Gasteiger partial charge in [-0.05, 0) is 176 Å². The first-order valence-corrected chi connectivity index (χ1v) is 33.0. The predicted molar refractivity (Wildman–Crippen MR) is 363 cm³/mol. The maximum Gasteiger partial charge on any atom is 0.408 e.